The molecule has 0 spiro atoms. The number of hydrogen-bond acceptors (Lipinski definition) is 2. The van der Waals surface area contributed by atoms with Crippen LogP contribution in [0, 0.1) is 5.82 Å². The van der Waals surface area contributed by atoms with Crippen molar-refractivity contribution in [2.24, 2.45) is 5.73 Å². The van der Waals surface area contributed by atoms with Gasteiger partial charge >= 0.3 is 0 Å². The van der Waals surface area contributed by atoms with Crippen LogP contribution in [0.5, 0.6) is 0 Å². The Bertz CT molecular complexity index is 616. The summed E-state index contributed by atoms with van der Waals surface area (Å²) in [4.78, 5) is 0.322. The van der Waals surface area contributed by atoms with E-state index in [2.05, 4.69) is 21.2 Å². The van der Waals surface area contributed by atoms with Gasteiger partial charge in [-0.15, -0.1) is 0 Å². The van der Waals surface area contributed by atoms with Crippen molar-refractivity contribution in [1.29, 1.82) is 0 Å². The molecular weight excluding hydrogens is 327 g/mol. The van der Waals surface area contributed by atoms with E-state index in [-0.39, 0.29) is 5.82 Å². The summed E-state index contributed by atoms with van der Waals surface area (Å²) in [6.45, 7) is 0.509. The minimum absolute atomic E-state index is 0.246. The molecule has 0 saturated carbocycles. The molecule has 0 fully saturated rings. The van der Waals surface area contributed by atoms with Crippen molar-refractivity contribution in [3.63, 3.8) is 0 Å². The van der Waals surface area contributed by atoms with Crippen LogP contribution in [0.15, 0.2) is 46.9 Å². The molecular formula is C14H12BrFN2S. The van der Waals surface area contributed by atoms with Crippen LogP contribution in [0.1, 0.15) is 11.1 Å². The van der Waals surface area contributed by atoms with Gasteiger partial charge in [-0.05, 0) is 35.9 Å². The van der Waals surface area contributed by atoms with Gasteiger partial charge in [-0.2, -0.15) is 0 Å². The first kappa shape index (κ1) is 14.0. The fraction of sp³-hybridized carbons (Fsp3) is 0.0714. The van der Waals surface area contributed by atoms with Crippen LogP contribution in [0.4, 0.5) is 10.1 Å². The molecule has 3 N–H and O–H groups in total. The van der Waals surface area contributed by atoms with Gasteiger partial charge in [0.15, 0.2) is 0 Å². The van der Waals surface area contributed by atoms with E-state index in [9.17, 15) is 4.39 Å². The molecule has 19 heavy (non-hydrogen) atoms. The average molecular weight is 339 g/mol. The Morgan fingerprint density at radius 3 is 2.74 bits per heavy atom. The van der Waals surface area contributed by atoms with E-state index in [1.165, 1.54) is 12.1 Å². The Labute approximate surface area is 124 Å². The zero-order valence-electron chi connectivity index (χ0n) is 9.99. The number of halogens is 2. The molecule has 0 aliphatic heterocycles. The first-order valence-corrected chi connectivity index (χ1v) is 6.84. The van der Waals surface area contributed by atoms with E-state index in [1.54, 1.807) is 6.07 Å². The van der Waals surface area contributed by atoms with Crippen LogP contribution in [0.3, 0.4) is 0 Å². The molecule has 0 amide bonds. The fourth-order valence-corrected chi connectivity index (χ4v) is 2.25. The summed E-state index contributed by atoms with van der Waals surface area (Å²) in [6.07, 6.45) is 0. The van der Waals surface area contributed by atoms with Crippen LogP contribution in [0.2, 0.25) is 0 Å². The quantitative estimate of drug-likeness (QED) is 0.832. The summed E-state index contributed by atoms with van der Waals surface area (Å²) in [6, 6.07) is 12.1. The number of anilines is 1. The number of hydrogen-bond donors (Lipinski definition) is 2. The SMILES string of the molecule is NC(=S)c1cc(Br)ccc1NCc1cccc(F)c1. The number of nitrogens with one attached hydrogen (secondary N) is 1. The molecule has 0 radical (unpaired) electrons. The van der Waals surface area contributed by atoms with Crippen molar-refractivity contribution in [2.45, 2.75) is 6.54 Å². The molecule has 0 heterocycles. The van der Waals surface area contributed by atoms with Gasteiger partial charge in [-0.25, -0.2) is 4.39 Å². The predicted molar refractivity (Wildman–Crippen MR) is 83.8 cm³/mol. The van der Waals surface area contributed by atoms with E-state index in [4.69, 9.17) is 18.0 Å². The third-order valence-electron chi connectivity index (χ3n) is 2.62. The minimum Gasteiger partial charge on any atom is -0.389 e. The van der Waals surface area contributed by atoms with Gasteiger partial charge in [0.2, 0.25) is 0 Å². The first-order chi connectivity index (χ1) is 9.06. The van der Waals surface area contributed by atoms with Gasteiger partial charge in [-0.1, -0.05) is 40.3 Å². The molecule has 0 atom stereocenters. The lowest BCUT2D eigenvalue weighted by molar-refractivity contribution is 0.626. The maximum absolute atomic E-state index is 13.1. The zero-order chi connectivity index (χ0) is 13.8. The van der Waals surface area contributed by atoms with Crippen molar-refractivity contribution in [3.8, 4) is 0 Å². The zero-order valence-corrected chi connectivity index (χ0v) is 12.4. The predicted octanol–water partition coefficient (Wildman–Crippen LogP) is 3.83. The third kappa shape index (κ3) is 3.75. The largest absolute Gasteiger partial charge is 0.389 e. The van der Waals surface area contributed by atoms with Gasteiger partial charge in [-0.3, -0.25) is 0 Å². The molecule has 5 heteroatoms. The van der Waals surface area contributed by atoms with E-state index >= 15 is 0 Å². The first-order valence-electron chi connectivity index (χ1n) is 5.64. The Balaban J connectivity index is 2.17. The Morgan fingerprint density at radius 1 is 1.26 bits per heavy atom. The molecule has 2 nitrogen and oxygen atoms in total. The van der Waals surface area contributed by atoms with Crippen LogP contribution in [-0.2, 0) is 6.54 Å². The van der Waals surface area contributed by atoms with E-state index in [0.717, 1.165) is 21.3 Å². The lowest BCUT2D eigenvalue weighted by Gasteiger charge is -2.12. The molecule has 2 aromatic rings. The lowest BCUT2D eigenvalue weighted by atomic mass is 10.1. The molecule has 0 aliphatic rings. The standard InChI is InChI=1S/C14H12BrFN2S/c15-10-4-5-13(12(7-10)14(17)19)18-8-9-2-1-3-11(16)6-9/h1-7,18H,8H2,(H2,17,19). The molecule has 0 aliphatic carbocycles. The van der Waals surface area contributed by atoms with Crippen LogP contribution in [-0.4, -0.2) is 4.99 Å². The van der Waals surface area contributed by atoms with Crippen molar-refractivity contribution >= 4 is 38.8 Å². The highest BCUT2D eigenvalue weighted by Gasteiger charge is 2.06. The summed E-state index contributed by atoms with van der Waals surface area (Å²) in [5.41, 5.74) is 8.14. The van der Waals surface area contributed by atoms with Gasteiger partial charge < -0.3 is 11.1 Å². The van der Waals surface area contributed by atoms with Crippen molar-refractivity contribution in [1.82, 2.24) is 0 Å². The molecule has 2 aromatic carbocycles. The van der Waals surface area contributed by atoms with Gasteiger partial charge in [0, 0.05) is 22.3 Å². The Morgan fingerprint density at radius 2 is 2.05 bits per heavy atom. The maximum Gasteiger partial charge on any atom is 0.123 e. The van der Waals surface area contributed by atoms with Crippen LogP contribution in [0.25, 0.3) is 0 Å². The second-order valence-corrected chi connectivity index (χ2v) is 5.39. The lowest BCUT2D eigenvalue weighted by Crippen LogP contribution is -2.13. The summed E-state index contributed by atoms with van der Waals surface area (Å²) in [7, 11) is 0. The molecule has 0 aromatic heterocycles. The second-order valence-electron chi connectivity index (χ2n) is 4.04. The Hall–Kier alpha value is -1.46. The van der Waals surface area contributed by atoms with Crippen LogP contribution < -0.4 is 11.1 Å². The summed E-state index contributed by atoms with van der Waals surface area (Å²) < 4.78 is 14.0. The monoisotopic (exact) mass is 338 g/mol. The molecule has 98 valence electrons. The molecule has 0 unspecified atom stereocenters. The van der Waals surface area contributed by atoms with Crippen molar-refractivity contribution in [3.05, 3.63) is 63.9 Å². The molecule has 0 bridgehead atoms. The minimum atomic E-state index is -0.246. The molecule has 0 saturated heterocycles. The highest BCUT2D eigenvalue weighted by Crippen LogP contribution is 2.21. The number of thiocarbonyl (C=S) groups is 1. The fourth-order valence-electron chi connectivity index (χ4n) is 1.72. The smallest absolute Gasteiger partial charge is 0.123 e. The summed E-state index contributed by atoms with van der Waals surface area (Å²) >= 11 is 8.40. The van der Waals surface area contributed by atoms with Crippen LogP contribution >= 0.6 is 28.1 Å². The normalized spacial score (nSPS) is 10.2. The van der Waals surface area contributed by atoms with E-state index in [0.29, 0.717) is 11.5 Å². The van der Waals surface area contributed by atoms with E-state index in [1.807, 2.05) is 24.3 Å². The van der Waals surface area contributed by atoms with Gasteiger partial charge in [0.05, 0.1) is 0 Å². The Kier molecular flexibility index (Phi) is 4.50. The third-order valence-corrected chi connectivity index (χ3v) is 3.33. The van der Waals surface area contributed by atoms with Gasteiger partial charge in [0.1, 0.15) is 10.8 Å². The summed E-state index contributed by atoms with van der Waals surface area (Å²) in [5.74, 6) is -0.246. The van der Waals surface area contributed by atoms with Crippen molar-refractivity contribution < 1.29 is 4.39 Å². The summed E-state index contributed by atoms with van der Waals surface area (Å²) in [5, 5.41) is 3.21. The van der Waals surface area contributed by atoms with E-state index < -0.39 is 0 Å². The maximum atomic E-state index is 13.1. The number of benzene rings is 2. The molecule has 2 rings (SSSR count). The highest BCUT2D eigenvalue weighted by atomic mass is 79.9. The topological polar surface area (TPSA) is 38.0 Å². The van der Waals surface area contributed by atoms with Gasteiger partial charge in [0.25, 0.3) is 0 Å². The van der Waals surface area contributed by atoms with Crippen molar-refractivity contribution in [2.75, 3.05) is 5.32 Å². The number of rotatable bonds is 4. The average Bonchev–Trinajstić information content (AvgIpc) is 2.37. The number of nitrogens with two attached hydrogens (primary N) is 1. The second kappa shape index (κ2) is 6.12. The highest BCUT2D eigenvalue weighted by molar-refractivity contribution is 9.10.